The van der Waals surface area contributed by atoms with Crippen LogP contribution < -0.4 is 4.90 Å². The summed E-state index contributed by atoms with van der Waals surface area (Å²) in [7, 11) is 0. The highest BCUT2D eigenvalue weighted by molar-refractivity contribution is 7.13. The number of carbonyl (C=O) groups excluding carboxylic acids is 1. The van der Waals surface area contributed by atoms with E-state index in [0.29, 0.717) is 18.1 Å². The summed E-state index contributed by atoms with van der Waals surface area (Å²) in [4.78, 5) is 22.5. The van der Waals surface area contributed by atoms with Gasteiger partial charge < -0.3 is 9.80 Å². The third-order valence-corrected chi connectivity index (χ3v) is 4.89. The number of thiophene rings is 1. The van der Waals surface area contributed by atoms with E-state index < -0.39 is 0 Å². The number of anilines is 1. The molecule has 2 aromatic heterocycles. The number of amides is 1. The lowest BCUT2D eigenvalue weighted by atomic mass is 10.2. The van der Waals surface area contributed by atoms with Crippen molar-refractivity contribution in [2.75, 3.05) is 31.1 Å². The Kier molecular flexibility index (Phi) is 4.12. The molecule has 1 amide bonds. The molecule has 1 aliphatic rings. The van der Waals surface area contributed by atoms with Gasteiger partial charge in [0.25, 0.3) is 5.91 Å². The smallest absolute Gasteiger partial charge is 0.264 e. The first kappa shape index (κ1) is 14.4. The summed E-state index contributed by atoms with van der Waals surface area (Å²) >= 11 is 7.73. The van der Waals surface area contributed by atoms with Gasteiger partial charge in [0, 0.05) is 43.4 Å². The van der Waals surface area contributed by atoms with E-state index in [9.17, 15) is 4.79 Å². The summed E-state index contributed by atoms with van der Waals surface area (Å²) in [5.74, 6) is 0.133. The number of halogens is 1. The molecule has 0 aliphatic carbocycles. The van der Waals surface area contributed by atoms with Crippen molar-refractivity contribution in [2.45, 2.75) is 6.92 Å². The largest absolute Gasteiger partial charge is 0.367 e. The quantitative estimate of drug-likeness (QED) is 0.853. The second-order valence-electron chi connectivity index (χ2n) is 5.02. The molecule has 1 fully saturated rings. The van der Waals surface area contributed by atoms with Gasteiger partial charge in [0.05, 0.1) is 15.6 Å². The van der Waals surface area contributed by atoms with Crippen molar-refractivity contribution < 1.29 is 4.79 Å². The molecule has 3 heterocycles. The summed E-state index contributed by atoms with van der Waals surface area (Å²) in [6, 6.07) is 5.82. The Hall–Kier alpha value is -1.59. The van der Waals surface area contributed by atoms with Crippen LogP contribution in [0.4, 0.5) is 5.69 Å². The van der Waals surface area contributed by atoms with E-state index in [1.165, 1.54) is 4.88 Å². The van der Waals surface area contributed by atoms with Crippen LogP contribution in [-0.4, -0.2) is 42.0 Å². The number of carbonyl (C=O) groups is 1. The molecule has 0 saturated carbocycles. The van der Waals surface area contributed by atoms with Gasteiger partial charge in [0.15, 0.2) is 0 Å². The van der Waals surface area contributed by atoms with Crippen molar-refractivity contribution in [3.8, 4) is 0 Å². The van der Waals surface area contributed by atoms with E-state index in [4.69, 9.17) is 11.6 Å². The van der Waals surface area contributed by atoms with Crippen LogP contribution in [0, 0.1) is 6.92 Å². The fourth-order valence-corrected chi connectivity index (χ4v) is 3.55. The van der Waals surface area contributed by atoms with Gasteiger partial charge in [-0.1, -0.05) is 11.6 Å². The van der Waals surface area contributed by atoms with Crippen LogP contribution >= 0.6 is 22.9 Å². The van der Waals surface area contributed by atoms with Gasteiger partial charge in [-0.05, 0) is 25.1 Å². The van der Waals surface area contributed by atoms with Gasteiger partial charge in [-0.15, -0.1) is 11.3 Å². The Bertz CT molecular complexity index is 650. The van der Waals surface area contributed by atoms with Gasteiger partial charge in [-0.25, -0.2) is 0 Å². The van der Waals surface area contributed by atoms with Crippen LogP contribution in [0.2, 0.25) is 5.02 Å². The van der Waals surface area contributed by atoms with Crippen LogP contribution in [0.25, 0.3) is 0 Å². The van der Waals surface area contributed by atoms with E-state index in [-0.39, 0.29) is 5.91 Å². The Morgan fingerprint density at radius 1 is 1.24 bits per heavy atom. The number of aromatic nitrogens is 1. The number of pyridine rings is 1. The van der Waals surface area contributed by atoms with Gasteiger partial charge in [0.2, 0.25) is 0 Å². The standard InChI is InChI=1S/C15H16ClN3OS/c1-11-2-3-14(21-11)15(20)19-8-6-18(7-9-19)13-4-5-17-10-12(13)16/h2-5,10H,6-9H2,1H3. The molecule has 3 rings (SSSR count). The zero-order valence-corrected chi connectivity index (χ0v) is 13.3. The molecule has 4 nitrogen and oxygen atoms in total. The fourth-order valence-electron chi connectivity index (χ4n) is 2.48. The zero-order chi connectivity index (χ0) is 14.8. The summed E-state index contributed by atoms with van der Waals surface area (Å²) in [5, 5.41) is 0.658. The Balaban J connectivity index is 1.65. The number of nitrogens with zero attached hydrogens (tertiary/aromatic N) is 3. The summed E-state index contributed by atoms with van der Waals surface area (Å²) in [5.41, 5.74) is 0.991. The molecule has 21 heavy (non-hydrogen) atoms. The van der Waals surface area contributed by atoms with Crippen molar-refractivity contribution in [3.63, 3.8) is 0 Å². The monoisotopic (exact) mass is 321 g/mol. The Morgan fingerprint density at radius 3 is 2.62 bits per heavy atom. The average Bonchev–Trinajstić information content (AvgIpc) is 2.94. The lowest BCUT2D eigenvalue weighted by Crippen LogP contribution is -2.48. The lowest BCUT2D eigenvalue weighted by molar-refractivity contribution is 0.0751. The molecule has 0 atom stereocenters. The van der Waals surface area contributed by atoms with Crippen LogP contribution in [-0.2, 0) is 0 Å². The Labute approximate surface area is 133 Å². The average molecular weight is 322 g/mol. The minimum absolute atomic E-state index is 0.133. The summed E-state index contributed by atoms with van der Waals surface area (Å²) < 4.78 is 0. The molecule has 6 heteroatoms. The van der Waals surface area contributed by atoms with Gasteiger partial charge in [0.1, 0.15) is 0 Å². The first-order chi connectivity index (χ1) is 10.1. The maximum atomic E-state index is 12.4. The highest BCUT2D eigenvalue weighted by atomic mass is 35.5. The molecule has 0 spiro atoms. The van der Waals surface area contributed by atoms with Crippen LogP contribution in [0.1, 0.15) is 14.5 Å². The molecule has 0 radical (unpaired) electrons. The third kappa shape index (κ3) is 3.04. The second-order valence-corrected chi connectivity index (χ2v) is 6.71. The summed E-state index contributed by atoms with van der Waals surface area (Å²) in [6.45, 7) is 5.04. The van der Waals surface area contributed by atoms with Gasteiger partial charge in [-0.3, -0.25) is 9.78 Å². The number of piperazine rings is 1. The number of rotatable bonds is 2. The molecule has 2 aromatic rings. The maximum Gasteiger partial charge on any atom is 0.264 e. The molecule has 110 valence electrons. The number of hydrogen-bond donors (Lipinski definition) is 0. The van der Waals surface area contributed by atoms with E-state index in [1.54, 1.807) is 23.7 Å². The normalized spacial score (nSPS) is 15.3. The molecular formula is C15H16ClN3OS. The van der Waals surface area contributed by atoms with Crippen molar-refractivity contribution in [1.29, 1.82) is 0 Å². The van der Waals surface area contributed by atoms with Gasteiger partial charge >= 0.3 is 0 Å². The highest BCUT2D eigenvalue weighted by Gasteiger charge is 2.23. The van der Waals surface area contributed by atoms with Crippen molar-refractivity contribution in [3.05, 3.63) is 45.4 Å². The van der Waals surface area contributed by atoms with Crippen molar-refractivity contribution in [2.24, 2.45) is 0 Å². The molecule has 0 aromatic carbocycles. The predicted octanol–water partition coefficient (Wildman–Crippen LogP) is 3.07. The first-order valence-corrected chi connectivity index (χ1v) is 8.05. The maximum absolute atomic E-state index is 12.4. The van der Waals surface area contributed by atoms with E-state index in [0.717, 1.165) is 23.7 Å². The zero-order valence-electron chi connectivity index (χ0n) is 11.8. The minimum atomic E-state index is 0.133. The molecule has 0 bridgehead atoms. The van der Waals surface area contributed by atoms with E-state index in [2.05, 4.69) is 9.88 Å². The molecule has 1 saturated heterocycles. The molecular weight excluding hydrogens is 306 g/mol. The lowest BCUT2D eigenvalue weighted by Gasteiger charge is -2.36. The third-order valence-electron chi connectivity index (χ3n) is 3.61. The van der Waals surface area contributed by atoms with Crippen molar-refractivity contribution >= 4 is 34.5 Å². The SMILES string of the molecule is Cc1ccc(C(=O)N2CCN(c3ccncc3Cl)CC2)s1. The van der Waals surface area contributed by atoms with Gasteiger partial charge in [-0.2, -0.15) is 0 Å². The highest BCUT2D eigenvalue weighted by Crippen LogP contribution is 2.26. The fraction of sp³-hybridized carbons (Fsp3) is 0.333. The minimum Gasteiger partial charge on any atom is -0.367 e. The van der Waals surface area contributed by atoms with Crippen LogP contribution in [0.5, 0.6) is 0 Å². The number of aryl methyl sites for hydroxylation is 1. The predicted molar refractivity (Wildman–Crippen MR) is 86.4 cm³/mol. The topological polar surface area (TPSA) is 36.4 Å². The van der Waals surface area contributed by atoms with E-state index >= 15 is 0 Å². The molecule has 0 unspecified atom stereocenters. The first-order valence-electron chi connectivity index (χ1n) is 6.85. The number of hydrogen-bond acceptors (Lipinski definition) is 4. The summed E-state index contributed by atoms with van der Waals surface area (Å²) in [6.07, 6.45) is 3.40. The van der Waals surface area contributed by atoms with Crippen molar-refractivity contribution in [1.82, 2.24) is 9.88 Å². The van der Waals surface area contributed by atoms with E-state index in [1.807, 2.05) is 30.0 Å². The molecule has 1 aliphatic heterocycles. The second kappa shape index (κ2) is 6.03. The van der Waals surface area contributed by atoms with Crippen LogP contribution in [0.3, 0.4) is 0 Å². The van der Waals surface area contributed by atoms with Crippen LogP contribution in [0.15, 0.2) is 30.6 Å². The molecule has 0 N–H and O–H groups in total. The Morgan fingerprint density at radius 2 is 2.00 bits per heavy atom.